The minimum atomic E-state index is -0.188. The van der Waals surface area contributed by atoms with E-state index in [4.69, 9.17) is 9.47 Å². The molecule has 1 aromatic rings. The topological polar surface area (TPSA) is 50.8 Å². The average Bonchev–Trinajstić information content (AvgIpc) is 3.55. The standard InChI is InChI=1S/C27H36N2O3/c30-27(17-4-2-1-3-5-17)32-26-10-18-8-9-24(28-18)23(26)15-31-14-22-21(16-6-7-16)12-19-11-20-13-25(22)29(19)20/h1-5,16,18-26,28H,6-15H2/t18?,19-,20?,21?,22?,23?,24?,25?,26?/m0/s1. The number of benzene rings is 1. The van der Waals surface area contributed by atoms with Crippen LogP contribution in [0.5, 0.6) is 0 Å². The molecule has 0 radical (unpaired) electrons. The molecule has 1 aliphatic carbocycles. The van der Waals surface area contributed by atoms with Gasteiger partial charge < -0.3 is 14.8 Å². The monoisotopic (exact) mass is 436 g/mol. The Balaban J connectivity index is 1.01. The highest BCUT2D eigenvalue weighted by molar-refractivity contribution is 5.89. The molecule has 1 aromatic carbocycles. The molecule has 1 saturated carbocycles. The highest BCUT2D eigenvalue weighted by Crippen LogP contribution is 2.57. The summed E-state index contributed by atoms with van der Waals surface area (Å²) in [6, 6.07) is 12.9. The molecule has 0 spiro atoms. The van der Waals surface area contributed by atoms with Crippen molar-refractivity contribution in [3.63, 3.8) is 0 Å². The fourth-order valence-electron chi connectivity index (χ4n) is 8.00. The third kappa shape index (κ3) is 3.35. The predicted molar refractivity (Wildman–Crippen MR) is 121 cm³/mol. The maximum Gasteiger partial charge on any atom is 0.338 e. The Morgan fingerprint density at radius 3 is 2.56 bits per heavy atom. The molecule has 8 unspecified atom stereocenters. The van der Waals surface area contributed by atoms with Crippen molar-refractivity contribution in [1.29, 1.82) is 0 Å². The molecule has 5 nitrogen and oxygen atoms in total. The van der Waals surface area contributed by atoms with Gasteiger partial charge in [-0.05, 0) is 68.9 Å². The van der Waals surface area contributed by atoms with Crippen LogP contribution >= 0.6 is 0 Å². The second kappa shape index (κ2) is 7.82. The predicted octanol–water partition coefficient (Wildman–Crippen LogP) is 3.63. The van der Waals surface area contributed by atoms with Crippen LogP contribution in [0.1, 0.15) is 61.7 Å². The Morgan fingerprint density at radius 2 is 1.75 bits per heavy atom. The summed E-state index contributed by atoms with van der Waals surface area (Å²) in [6.07, 6.45) is 10.4. The van der Waals surface area contributed by atoms with Gasteiger partial charge in [0.15, 0.2) is 0 Å². The molecule has 5 heterocycles. The van der Waals surface area contributed by atoms with Crippen LogP contribution in [0, 0.1) is 23.7 Å². The maximum atomic E-state index is 12.8. The van der Waals surface area contributed by atoms with Gasteiger partial charge in [-0.1, -0.05) is 18.2 Å². The van der Waals surface area contributed by atoms with Gasteiger partial charge in [0.25, 0.3) is 0 Å². The van der Waals surface area contributed by atoms with E-state index in [9.17, 15) is 4.79 Å². The fraction of sp³-hybridized carbons (Fsp3) is 0.741. The molecule has 0 aromatic heterocycles. The lowest BCUT2D eigenvalue weighted by atomic mass is 9.60. The summed E-state index contributed by atoms with van der Waals surface area (Å²) in [7, 11) is 0. The Kier molecular flexibility index (Phi) is 4.88. The number of piperidine rings is 3. The van der Waals surface area contributed by atoms with Crippen LogP contribution in [-0.2, 0) is 9.47 Å². The molecule has 7 rings (SSSR count). The molecule has 1 N–H and O–H groups in total. The van der Waals surface area contributed by atoms with E-state index in [0.717, 1.165) is 43.0 Å². The van der Waals surface area contributed by atoms with E-state index < -0.39 is 0 Å². The van der Waals surface area contributed by atoms with Crippen molar-refractivity contribution in [1.82, 2.24) is 10.2 Å². The van der Waals surface area contributed by atoms with Gasteiger partial charge in [-0.25, -0.2) is 4.79 Å². The van der Waals surface area contributed by atoms with Gasteiger partial charge in [0.05, 0.1) is 18.8 Å². The Morgan fingerprint density at radius 1 is 0.938 bits per heavy atom. The second-order valence-electron chi connectivity index (χ2n) is 11.5. The molecule has 6 fully saturated rings. The number of carbonyl (C=O) groups excluding carboxylic acids is 1. The number of rotatable bonds is 7. The fourth-order valence-corrected chi connectivity index (χ4v) is 8.00. The van der Waals surface area contributed by atoms with E-state index in [1.807, 2.05) is 30.3 Å². The van der Waals surface area contributed by atoms with Crippen molar-refractivity contribution in [2.24, 2.45) is 23.7 Å². The lowest BCUT2D eigenvalue weighted by molar-refractivity contribution is -0.199. The summed E-state index contributed by atoms with van der Waals surface area (Å²) in [5.74, 6) is 2.64. The Hall–Kier alpha value is -1.43. The van der Waals surface area contributed by atoms with Crippen LogP contribution in [0.15, 0.2) is 30.3 Å². The van der Waals surface area contributed by atoms with Crippen LogP contribution in [0.25, 0.3) is 0 Å². The van der Waals surface area contributed by atoms with Gasteiger partial charge in [0, 0.05) is 48.5 Å². The van der Waals surface area contributed by atoms with Gasteiger partial charge in [0.2, 0.25) is 0 Å². The van der Waals surface area contributed by atoms with Gasteiger partial charge in [-0.15, -0.1) is 0 Å². The lowest BCUT2D eigenvalue weighted by Gasteiger charge is -2.68. The van der Waals surface area contributed by atoms with Gasteiger partial charge in [-0.3, -0.25) is 4.90 Å². The van der Waals surface area contributed by atoms with Crippen LogP contribution < -0.4 is 5.32 Å². The zero-order valence-electron chi connectivity index (χ0n) is 18.9. The number of carbonyl (C=O) groups is 1. The van der Waals surface area contributed by atoms with E-state index in [-0.39, 0.29) is 18.0 Å². The third-order valence-electron chi connectivity index (χ3n) is 9.78. The number of fused-ring (bicyclic) bond motifs is 2. The lowest BCUT2D eigenvalue weighted by Crippen LogP contribution is -2.75. The van der Waals surface area contributed by atoms with Gasteiger partial charge in [-0.2, -0.15) is 0 Å². The van der Waals surface area contributed by atoms with E-state index in [1.54, 1.807) is 0 Å². The Labute approximate surface area is 191 Å². The first-order valence-corrected chi connectivity index (χ1v) is 13.1. The quantitative estimate of drug-likeness (QED) is 0.662. The number of hydrogen-bond donors (Lipinski definition) is 1. The first kappa shape index (κ1) is 20.0. The van der Waals surface area contributed by atoms with Crippen LogP contribution in [0.2, 0.25) is 0 Å². The highest BCUT2D eigenvalue weighted by atomic mass is 16.5. The number of nitrogens with zero attached hydrogens (tertiary/aromatic N) is 1. The third-order valence-corrected chi connectivity index (χ3v) is 9.78. The minimum Gasteiger partial charge on any atom is -0.458 e. The molecule has 2 bridgehead atoms. The molecular formula is C27H36N2O3. The zero-order valence-corrected chi connectivity index (χ0v) is 18.9. The van der Waals surface area contributed by atoms with E-state index >= 15 is 0 Å². The van der Waals surface area contributed by atoms with Crippen molar-refractivity contribution in [2.45, 2.75) is 87.7 Å². The normalized spacial score (nSPS) is 44.3. The molecule has 5 aliphatic heterocycles. The number of esters is 1. The Bertz CT molecular complexity index is 858. The molecule has 5 saturated heterocycles. The molecule has 5 heteroatoms. The average molecular weight is 437 g/mol. The summed E-state index contributed by atoms with van der Waals surface area (Å²) in [5.41, 5.74) is 0.649. The first-order valence-electron chi connectivity index (χ1n) is 13.1. The van der Waals surface area contributed by atoms with Gasteiger partial charge >= 0.3 is 5.97 Å². The smallest absolute Gasteiger partial charge is 0.338 e. The van der Waals surface area contributed by atoms with Crippen molar-refractivity contribution >= 4 is 5.97 Å². The number of ether oxygens (including phenoxy) is 2. The molecule has 6 aliphatic rings. The van der Waals surface area contributed by atoms with Crippen molar-refractivity contribution < 1.29 is 14.3 Å². The van der Waals surface area contributed by atoms with Crippen molar-refractivity contribution in [2.75, 3.05) is 13.2 Å². The van der Waals surface area contributed by atoms with Crippen LogP contribution in [-0.4, -0.2) is 60.4 Å². The second-order valence-corrected chi connectivity index (χ2v) is 11.5. The largest absolute Gasteiger partial charge is 0.458 e. The minimum absolute atomic E-state index is 0.0418. The van der Waals surface area contributed by atoms with Crippen LogP contribution in [0.3, 0.4) is 0 Å². The summed E-state index contributed by atoms with van der Waals surface area (Å²) in [4.78, 5) is 15.6. The molecular weight excluding hydrogens is 400 g/mol. The van der Waals surface area contributed by atoms with E-state index in [2.05, 4.69) is 10.2 Å². The van der Waals surface area contributed by atoms with E-state index in [1.165, 1.54) is 44.9 Å². The van der Waals surface area contributed by atoms with Crippen LogP contribution in [0.4, 0.5) is 0 Å². The summed E-state index contributed by atoms with van der Waals surface area (Å²) in [6.45, 7) is 1.61. The summed E-state index contributed by atoms with van der Waals surface area (Å²) >= 11 is 0. The molecule has 172 valence electrons. The van der Waals surface area contributed by atoms with Crippen molar-refractivity contribution in [3.8, 4) is 0 Å². The van der Waals surface area contributed by atoms with Gasteiger partial charge in [0.1, 0.15) is 6.10 Å². The zero-order chi connectivity index (χ0) is 21.2. The van der Waals surface area contributed by atoms with Crippen molar-refractivity contribution in [3.05, 3.63) is 35.9 Å². The summed E-state index contributed by atoms with van der Waals surface area (Å²) in [5, 5.41) is 3.77. The maximum absolute atomic E-state index is 12.8. The molecule has 9 atom stereocenters. The van der Waals surface area contributed by atoms with E-state index in [0.29, 0.717) is 30.2 Å². The highest BCUT2D eigenvalue weighted by Gasteiger charge is 2.60. The molecule has 0 amide bonds. The number of nitrogens with one attached hydrogen (secondary N) is 1. The number of hydrogen-bond acceptors (Lipinski definition) is 5. The SMILES string of the molecule is O=C(OC1CC2CCC(N2)C1COCC1C(C2CC2)C[C@@H]2CC3CC1N32)c1ccccc1. The summed E-state index contributed by atoms with van der Waals surface area (Å²) < 4.78 is 12.6. The first-order chi connectivity index (χ1) is 15.7. The molecule has 32 heavy (non-hydrogen) atoms.